The third-order valence-electron chi connectivity index (χ3n) is 6.38. The number of nitrogens with one attached hydrogen (secondary N) is 1. The Morgan fingerprint density at radius 1 is 1.10 bits per heavy atom. The van der Waals surface area contributed by atoms with Crippen molar-refractivity contribution in [1.29, 1.82) is 0 Å². The van der Waals surface area contributed by atoms with E-state index >= 15 is 0 Å². The second kappa shape index (κ2) is 13.0. The van der Waals surface area contributed by atoms with Gasteiger partial charge < -0.3 is 19.7 Å². The minimum absolute atomic E-state index is 0.360. The molecule has 31 heavy (non-hydrogen) atoms. The second-order valence-electron chi connectivity index (χ2n) is 8.77. The molecule has 2 heterocycles. The van der Waals surface area contributed by atoms with Crippen LogP contribution >= 0.6 is 0 Å². The highest BCUT2D eigenvalue weighted by molar-refractivity contribution is 5.80. The normalized spacial score (nSPS) is 19.7. The molecule has 1 aromatic rings. The fraction of sp³-hybridized carbons (Fsp3) is 0.720. The molecule has 1 unspecified atom stereocenters. The summed E-state index contributed by atoms with van der Waals surface area (Å²) in [5.41, 5.74) is 2.70. The molecule has 0 spiro atoms. The summed E-state index contributed by atoms with van der Waals surface area (Å²) in [6.07, 6.45) is 6.04. The molecule has 0 aliphatic carbocycles. The molecule has 1 atom stereocenters. The van der Waals surface area contributed by atoms with Gasteiger partial charge >= 0.3 is 0 Å². The molecular formula is C25H42N4O2. The number of aliphatic imine (C=N–C) groups is 1. The highest BCUT2D eigenvalue weighted by Crippen LogP contribution is 2.26. The largest absolute Gasteiger partial charge is 0.385 e. The molecule has 0 radical (unpaired) electrons. The molecule has 2 aliphatic rings. The van der Waals surface area contributed by atoms with E-state index in [9.17, 15) is 0 Å². The first-order valence-corrected chi connectivity index (χ1v) is 12.2. The molecule has 2 fully saturated rings. The van der Waals surface area contributed by atoms with Crippen LogP contribution < -0.4 is 5.32 Å². The van der Waals surface area contributed by atoms with Gasteiger partial charge in [-0.15, -0.1) is 0 Å². The van der Waals surface area contributed by atoms with Crippen molar-refractivity contribution in [1.82, 2.24) is 15.1 Å². The molecule has 6 nitrogen and oxygen atoms in total. The number of guanidine groups is 1. The Bertz CT molecular complexity index is 650. The molecule has 1 aromatic carbocycles. The van der Waals surface area contributed by atoms with Crippen LogP contribution in [0.5, 0.6) is 0 Å². The van der Waals surface area contributed by atoms with Gasteiger partial charge in [-0.25, -0.2) is 0 Å². The summed E-state index contributed by atoms with van der Waals surface area (Å²) in [4.78, 5) is 10.1. The number of piperidine rings is 1. The van der Waals surface area contributed by atoms with Crippen molar-refractivity contribution in [2.24, 2.45) is 4.99 Å². The number of hydrogen-bond acceptors (Lipinski definition) is 4. The van der Waals surface area contributed by atoms with Crippen molar-refractivity contribution in [3.63, 3.8) is 0 Å². The number of methoxy groups -OCH3 is 1. The number of nitrogens with zero attached hydrogens (tertiary/aromatic N) is 3. The van der Waals surface area contributed by atoms with Gasteiger partial charge in [-0.2, -0.15) is 0 Å². The summed E-state index contributed by atoms with van der Waals surface area (Å²) in [6.45, 7) is 11.9. The highest BCUT2D eigenvalue weighted by atomic mass is 16.5. The fourth-order valence-electron chi connectivity index (χ4n) is 4.56. The molecule has 0 bridgehead atoms. The van der Waals surface area contributed by atoms with Gasteiger partial charge in [0.2, 0.25) is 0 Å². The van der Waals surface area contributed by atoms with Crippen molar-refractivity contribution < 1.29 is 9.47 Å². The number of hydrogen-bond donors (Lipinski definition) is 1. The SMILES string of the molecule is CCNC(=NCC(c1ccc(C)cc1)N1CCCC1)N1CCC(OCCCOC)CC1. The number of benzene rings is 1. The predicted molar refractivity (Wildman–Crippen MR) is 128 cm³/mol. The minimum atomic E-state index is 0.360. The molecule has 0 aromatic heterocycles. The van der Waals surface area contributed by atoms with Gasteiger partial charge in [0.25, 0.3) is 0 Å². The Morgan fingerprint density at radius 2 is 1.81 bits per heavy atom. The first-order chi connectivity index (χ1) is 15.2. The quantitative estimate of drug-likeness (QED) is 0.349. The third kappa shape index (κ3) is 7.48. The molecule has 1 N–H and O–H groups in total. The molecule has 174 valence electrons. The maximum atomic E-state index is 6.03. The van der Waals surface area contributed by atoms with Gasteiger partial charge in [-0.3, -0.25) is 9.89 Å². The lowest BCUT2D eigenvalue weighted by Gasteiger charge is -2.35. The Kier molecular flexibility index (Phi) is 10.1. The maximum Gasteiger partial charge on any atom is 0.193 e. The standard InChI is InChI=1S/C25H42N4O2/c1-4-26-25(29-16-12-23(13-17-29)31-19-7-18-30-3)27-20-24(28-14-5-6-15-28)22-10-8-21(2)9-11-22/h8-11,23-24H,4-7,12-20H2,1-3H3,(H,26,27). The van der Waals surface area contributed by atoms with Gasteiger partial charge in [0.1, 0.15) is 0 Å². The molecule has 3 rings (SSSR count). The third-order valence-corrected chi connectivity index (χ3v) is 6.38. The van der Waals surface area contributed by atoms with E-state index in [0.29, 0.717) is 12.1 Å². The highest BCUT2D eigenvalue weighted by Gasteiger charge is 2.25. The van der Waals surface area contributed by atoms with Crippen LogP contribution in [0, 0.1) is 6.92 Å². The molecule has 0 amide bonds. The van der Waals surface area contributed by atoms with E-state index in [1.807, 2.05) is 0 Å². The second-order valence-corrected chi connectivity index (χ2v) is 8.77. The lowest BCUT2D eigenvalue weighted by atomic mass is 10.0. The van der Waals surface area contributed by atoms with E-state index in [1.165, 1.54) is 37.1 Å². The molecule has 2 saturated heterocycles. The van der Waals surface area contributed by atoms with Crippen molar-refractivity contribution >= 4 is 5.96 Å². The van der Waals surface area contributed by atoms with Crippen LogP contribution in [-0.2, 0) is 9.47 Å². The lowest BCUT2D eigenvalue weighted by Crippen LogP contribution is -2.47. The minimum Gasteiger partial charge on any atom is -0.385 e. The summed E-state index contributed by atoms with van der Waals surface area (Å²) in [5.74, 6) is 1.05. The average molecular weight is 431 g/mol. The van der Waals surface area contributed by atoms with Crippen LogP contribution in [-0.4, -0.2) is 81.5 Å². The van der Waals surface area contributed by atoms with E-state index in [4.69, 9.17) is 14.5 Å². The summed E-state index contributed by atoms with van der Waals surface area (Å²) >= 11 is 0. The van der Waals surface area contributed by atoms with Crippen molar-refractivity contribution in [3.05, 3.63) is 35.4 Å². The van der Waals surface area contributed by atoms with Crippen LogP contribution in [0.25, 0.3) is 0 Å². The van der Waals surface area contributed by atoms with Crippen LogP contribution in [0.3, 0.4) is 0 Å². The van der Waals surface area contributed by atoms with Gasteiger partial charge in [-0.1, -0.05) is 29.8 Å². The predicted octanol–water partition coefficient (Wildman–Crippen LogP) is 3.61. The zero-order valence-electron chi connectivity index (χ0n) is 19.8. The molecular weight excluding hydrogens is 388 g/mol. The van der Waals surface area contributed by atoms with Crippen molar-refractivity contribution in [2.75, 3.05) is 59.6 Å². The number of likely N-dealkylation sites (tertiary alicyclic amines) is 2. The van der Waals surface area contributed by atoms with Gasteiger partial charge in [0.05, 0.1) is 18.7 Å². The van der Waals surface area contributed by atoms with Gasteiger partial charge in [-0.05, 0) is 64.6 Å². The molecule has 0 saturated carbocycles. The van der Waals surface area contributed by atoms with Crippen LogP contribution in [0.1, 0.15) is 56.2 Å². The lowest BCUT2D eigenvalue weighted by molar-refractivity contribution is 0.00989. The van der Waals surface area contributed by atoms with Gasteiger partial charge in [0, 0.05) is 40.0 Å². The van der Waals surface area contributed by atoms with Crippen LogP contribution in [0.15, 0.2) is 29.3 Å². The molecule has 6 heteroatoms. The van der Waals surface area contributed by atoms with Crippen LogP contribution in [0.2, 0.25) is 0 Å². The summed E-state index contributed by atoms with van der Waals surface area (Å²) in [5, 5.41) is 3.53. The Labute approximate surface area is 189 Å². The number of aryl methyl sites for hydroxylation is 1. The molecule has 2 aliphatic heterocycles. The summed E-state index contributed by atoms with van der Waals surface area (Å²) < 4.78 is 11.1. The number of ether oxygens (including phenoxy) is 2. The first-order valence-electron chi connectivity index (χ1n) is 12.2. The first kappa shape index (κ1) is 24.0. The van der Waals surface area contributed by atoms with E-state index in [0.717, 1.165) is 64.6 Å². The van der Waals surface area contributed by atoms with Crippen LogP contribution in [0.4, 0.5) is 0 Å². The summed E-state index contributed by atoms with van der Waals surface area (Å²) in [7, 11) is 1.74. The van der Waals surface area contributed by atoms with E-state index in [1.54, 1.807) is 7.11 Å². The van der Waals surface area contributed by atoms with Crippen molar-refractivity contribution in [3.8, 4) is 0 Å². The van der Waals surface area contributed by atoms with E-state index in [2.05, 4.69) is 53.2 Å². The Hall–Kier alpha value is -1.63. The Balaban J connectivity index is 1.60. The fourth-order valence-corrected chi connectivity index (χ4v) is 4.56. The van der Waals surface area contributed by atoms with E-state index < -0.39 is 0 Å². The number of rotatable bonds is 10. The zero-order valence-corrected chi connectivity index (χ0v) is 19.8. The zero-order chi connectivity index (χ0) is 21.9. The monoisotopic (exact) mass is 430 g/mol. The summed E-state index contributed by atoms with van der Waals surface area (Å²) in [6, 6.07) is 9.38. The Morgan fingerprint density at radius 3 is 2.45 bits per heavy atom. The average Bonchev–Trinajstić information content (AvgIpc) is 3.32. The maximum absolute atomic E-state index is 6.03. The van der Waals surface area contributed by atoms with Gasteiger partial charge in [0.15, 0.2) is 5.96 Å². The van der Waals surface area contributed by atoms with Crippen molar-refractivity contribution in [2.45, 2.75) is 58.1 Å². The smallest absolute Gasteiger partial charge is 0.193 e. The topological polar surface area (TPSA) is 49.3 Å². The van der Waals surface area contributed by atoms with E-state index in [-0.39, 0.29) is 0 Å².